The molecule has 0 fully saturated rings. The van der Waals surface area contributed by atoms with E-state index >= 15 is 0 Å². The van der Waals surface area contributed by atoms with Gasteiger partial charge in [-0.1, -0.05) is 0 Å². The molecule has 1 aromatic rings. The molecule has 1 atom stereocenters. The number of hydrogen-bond donors (Lipinski definition) is 3. The molecule has 1 rings (SSSR count). The highest BCUT2D eigenvalue weighted by Gasteiger charge is 2.29. The van der Waals surface area contributed by atoms with Crippen LogP contribution < -0.4 is 10.6 Å². The third-order valence-corrected chi connectivity index (χ3v) is 2.12. The van der Waals surface area contributed by atoms with E-state index in [-0.39, 0.29) is 12.3 Å². The van der Waals surface area contributed by atoms with Crippen molar-refractivity contribution >= 4 is 11.7 Å². The average molecular weight is 262 g/mol. The zero-order valence-electron chi connectivity index (χ0n) is 9.58. The number of alkyl halides is 3. The van der Waals surface area contributed by atoms with Crippen LogP contribution in [0.4, 0.5) is 23.7 Å². The van der Waals surface area contributed by atoms with Gasteiger partial charge in [0, 0.05) is 5.69 Å². The van der Waals surface area contributed by atoms with Crippen LogP contribution >= 0.6 is 0 Å². The third kappa shape index (κ3) is 4.25. The lowest BCUT2D eigenvalue weighted by Crippen LogP contribution is -2.38. The van der Waals surface area contributed by atoms with E-state index in [2.05, 4.69) is 10.6 Å². The van der Waals surface area contributed by atoms with Crippen LogP contribution in [0.2, 0.25) is 0 Å². The van der Waals surface area contributed by atoms with E-state index in [1.807, 2.05) is 0 Å². The minimum atomic E-state index is -4.40. The predicted molar refractivity (Wildman–Crippen MR) is 60.1 cm³/mol. The number of aliphatic hydroxyl groups excluding tert-OH is 1. The maximum Gasteiger partial charge on any atom is 0.416 e. The van der Waals surface area contributed by atoms with Crippen molar-refractivity contribution in [3.05, 3.63) is 29.8 Å². The van der Waals surface area contributed by atoms with E-state index in [0.717, 1.165) is 24.3 Å². The monoisotopic (exact) mass is 262 g/mol. The van der Waals surface area contributed by atoms with Gasteiger partial charge in [-0.15, -0.1) is 0 Å². The number of benzene rings is 1. The molecule has 0 saturated carbocycles. The number of carbonyl (C=O) groups is 1. The molecule has 0 radical (unpaired) electrons. The Morgan fingerprint density at radius 3 is 2.33 bits per heavy atom. The molecule has 0 bridgehead atoms. The minimum absolute atomic E-state index is 0.222. The number of carbonyl (C=O) groups excluding carboxylic acids is 1. The fraction of sp³-hybridized carbons (Fsp3) is 0.364. The molecule has 0 unspecified atom stereocenters. The van der Waals surface area contributed by atoms with Gasteiger partial charge in [0.05, 0.1) is 18.2 Å². The molecule has 4 nitrogen and oxygen atoms in total. The van der Waals surface area contributed by atoms with Crippen LogP contribution in [0.5, 0.6) is 0 Å². The zero-order chi connectivity index (χ0) is 13.8. The van der Waals surface area contributed by atoms with Gasteiger partial charge in [0.2, 0.25) is 0 Å². The summed E-state index contributed by atoms with van der Waals surface area (Å²) in [5.74, 6) is 0. The van der Waals surface area contributed by atoms with Crippen molar-refractivity contribution in [2.24, 2.45) is 0 Å². The van der Waals surface area contributed by atoms with Gasteiger partial charge >= 0.3 is 12.2 Å². The van der Waals surface area contributed by atoms with Crippen LogP contribution in [-0.4, -0.2) is 23.8 Å². The summed E-state index contributed by atoms with van der Waals surface area (Å²) in [5, 5.41) is 13.5. The molecule has 0 aliphatic heterocycles. The Kier molecular flexibility index (Phi) is 4.55. The van der Waals surface area contributed by atoms with Crippen LogP contribution in [0.25, 0.3) is 0 Å². The van der Waals surface area contributed by atoms with Crippen molar-refractivity contribution in [3.63, 3.8) is 0 Å². The molecule has 0 spiro atoms. The summed E-state index contributed by atoms with van der Waals surface area (Å²) in [5.41, 5.74) is -0.539. The van der Waals surface area contributed by atoms with E-state index < -0.39 is 23.8 Å². The Bertz CT molecular complexity index is 404. The topological polar surface area (TPSA) is 61.4 Å². The summed E-state index contributed by atoms with van der Waals surface area (Å²) in [4.78, 5) is 11.3. The smallest absolute Gasteiger partial charge is 0.394 e. The SMILES string of the molecule is C[C@H](CO)NC(=O)Nc1ccc(C(F)(F)F)cc1. The summed E-state index contributed by atoms with van der Waals surface area (Å²) in [6.07, 6.45) is -4.40. The van der Waals surface area contributed by atoms with Crippen molar-refractivity contribution in [2.45, 2.75) is 19.1 Å². The molecule has 0 aliphatic carbocycles. The molecular formula is C11H13F3N2O2. The van der Waals surface area contributed by atoms with E-state index in [4.69, 9.17) is 5.11 Å². The first-order valence-electron chi connectivity index (χ1n) is 5.18. The quantitative estimate of drug-likeness (QED) is 0.782. The molecule has 7 heteroatoms. The van der Waals surface area contributed by atoms with Gasteiger partial charge in [-0.05, 0) is 31.2 Å². The van der Waals surface area contributed by atoms with Crippen LogP contribution in [0.3, 0.4) is 0 Å². The van der Waals surface area contributed by atoms with Crippen molar-refractivity contribution in [3.8, 4) is 0 Å². The van der Waals surface area contributed by atoms with Gasteiger partial charge in [-0.25, -0.2) is 4.79 Å². The van der Waals surface area contributed by atoms with E-state index in [9.17, 15) is 18.0 Å². The lowest BCUT2D eigenvalue weighted by atomic mass is 10.2. The van der Waals surface area contributed by atoms with Crippen LogP contribution in [0, 0.1) is 0 Å². The number of urea groups is 1. The molecule has 1 aromatic carbocycles. The Morgan fingerprint density at radius 1 is 1.33 bits per heavy atom. The van der Waals surface area contributed by atoms with Gasteiger partial charge in [-0.2, -0.15) is 13.2 Å². The Hall–Kier alpha value is -1.76. The average Bonchev–Trinajstić information content (AvgIpc) is 2.28. The van der Waals surface area contributed by atoms with Gasteiger partial charge in [0.1, 0.15) is 0 Å². The number of nitrogens with one attached hydrogen (secondary N) is 2. The number of rotatable bonds is 3. The fourth-order valence-corrected chi connectivity index (χ4v) is 1.18. The van der Waals surface area contributed by atoms with Crippen molar-refractivity contribution in [2.75, 3.05) is 11.9 Å². The molecule has 0 saturated heterocycles. The molecule has 100 valence electrons. The summed E-state index contributed by atoms with van der Waals surface area (Å²) in [6, 6.07) is 3.06. The Balaban J connectivity index is 2.61. The second kappa shape index (κ2) is 5.72. The van der Waals surface area contributed by atoms with Crippen molar-refractivity contribution in [1.82, 2.24) is 5.32 Å². The fourth-order valence-electron chi connectivity index (χ4n) is 1.18. The first-order valence-corrected chi connectivity index (χ1v) is 5.18. The lowest BCUT2D eigenvalue weighted by Gasteiger charge is -2.12. The van der Waals surface area contributed by atoms with Gasteiger partial charge in [0.25, 0.3) is 0 Å². The number of amides is 2. The number of hydrogen-bond acceptors (Lipinski definition) is 2. The zero-order valence-corrected chi connectivity index (χ0v) is 9.58. The van der Waals surface area contributed by atoms with E-state index in [1.54, 1.807) is 6.92 Å². The summed E-state index contributed by atoms with van der Waals surface area (Å²) < 4.78 is 36.8. The summed E-state index contributed by atoms with van der Waals surface area (Å²) in [7, 11) is 0. The van der Waals surface area contributed by atoms with Crippen LogP contribution in [-0.2, 0) is 6.18 Å². The van der Waals surface area contributed by atoms with Crippen molar-refractivity contribution < 1.29 is 23.1 Å². The summed E-state index contributed by atoms with van der Waals surface area (Å²) >= 11 is 0. The third-order valence-electron chi connectivity index (χ3n) is 2.12. The van der Waals surface area contributed by atoms with E-state index in [0.29, 0.717) is 0 Å². The Labute approximate surface area is 102 Å². The number of halogens is 3. The maximum atomic E-state index is 12.3. The maximum absolute atomic E-state index is 12.3. The number of anilines is 1. The molecule has 0 heterocycles. The van der Waals surface area contributed by atoms with Crippen LogP contribution in [0.1, 0.15) is 12.5 Å². The largest absolute Gasteiger partial charge is 0.416 e. The highest BCUT2D eigenvalue weighted by atomic mass is 19.4. The molecule has 0 aromatic heterocycles. The second-order valence-electron chi connectivity index (χ2n) is 3.76. The van der Waals surface area contributed by atoms with E-state index in [1.165, 1.54) is 0 Å². The lowest BCUT2D eigenvalue weighted by molar-refractivity contribution is -0.137. The molecule has 0 aliphatic rings. The van der Waals surface area contributed by atoms with Crippen molar-refractivity contribution in [1.29, 1.82) is 0 Å². The summed E-state index contributed by atoms with van der Waals surface area (Å²) in [6.45, 7) is 1.37. The second-order valence-corrected chi connectivity index (χ2v) is 3.76. The first-order chi connectivity index (χ1) is 8.32. The van der Waals surface area contributed by atoms with Gasteiger partial charge < -0.3 is 15.7 Å². The molecular weight excluding hydrogens is 249 g/mol. The molecule has 18 heavy (non-hydrogen) atoms. The normalized spacial score (nSPS) is 12.9. The van der Waals surface area contributed by atoms with Gasteiger partial charge in [0.15, 0.2) is 0 Å². The Morgan fingerprint density at radius 2 is 1.89 bits per heavy atom. The number of aliphatic hydroxyl groups is 1. The van der Waals surface area contributed by atoms with Gasteiger partial charge in [-0.3, -0.25) is 0 Å². The minimum Gasteiger partial charge on any atom is -0.394 e. The highest BCUT2D eigenvalue weighted by Crippen LogP contribution is 2.29. The van der Waals surface area contributed by atoms with Crippen LogP contribution in [0.15, 0.2) is 24.3 Å². The molecule has 3 N–H and O–H groups in total. The molecule has 2 amide bonds. The highest BCUT2D eigenvalue weighted by molar-refractivity contribution is 5.89. The first kappa shape index (κ1) is 14.3. The predicted octanol–water partition coefficient (Wildman–Crippen LogP) is 2.21. The standard InChI is InChI=1S/C11H13F3N2O2/c1-7(6-17)15-10(18)16-9-4-2-8(3-5-9)11(12,13)14/h2-5,7,17H,6H2,1H3,(H2,15,16,18)/t7-/m1/s1.